The molecule has 6 nitrogen and oxygen atoms in total. The van der Waals surface area contributed by atoms with Crippen molar-refractivity contribution in [3.8, 4) is 11.1 Å². The molecule has 0 radical (unpaired) electrons. The number of rotatable bonds is 5. The molecule has 8 heteroatoms. The van der Waals surface area contributed by atoms with Crippen LogP contribution in [0.15, 0.2) is 54.9 Å². The van der Waals surface area contributed by atoms with Crippen molar-refractivity contribution in [1.82, 2.24) is 9.78 Å². The number of hydrogen-bond donors (Lipinski definition) is 1. The Kier molecular flexibility index (Phi) is 4.53. The first kappa shape index (κ1) is 16.7. The minimum Gasteiger partial charge on any atom is -0.386 e. The van der Waals surface area contributed by atoms with Gasteiger partial charge >= 0.3 is 0 Å². The summed E-state index contributed by atoms with van der Waals surface area (Å²) in [5.74, 6) is -2.00. The molecule has 3 aromatic rings. The molecule has 1 aromatic heterocycles. The predicted octanol–water partition coefficient (Wildman–Crippen LogP) is 3.47. The van der Waals surface area contributed by atoms with E-state index in [-0.39, 0.29) is 17.8 Å². The van der Waals surface area contributed by atoms with Gasteiger partial charge in [-0.05, 0) is 35.4 Å². The Hall–Kier alpha value is -3.13. The van der Waals surface area contributed by atoms with Gasteiger partial charge < -0.3 is 5.11 Å². The van der Waals surface area contributed by atoms with E-state index < -0.39 is 22.7 Å². The van der Waals surface area contributed by atoms with E-state index in [1.807, 2.05) is 0 Å². The summed E-state index contributed by atoms with van der Waals surface area (Å²) in [6, 6.07) is 9.20. The number of aliphatic hydroxyl groups excluding tert-OH is 1. The van der Waals surface area contributed by atoms with Gasteiger partial charge in [-0.1, -0.05) is 6.07 Å². The maximum Gasteiger partial charge on any atom is 0.269 e. The summed E-state index contributed by atoms with van der Waals surface area (Å²) in [5, 5.41) is 24.9. The van der Waals surface area contributed by atoms with Crippen LogP contribution in [0.3, 0.4) is 0 Å². The normalized spacial score (nSPS) is 12.1. The second kappa shape index (κ2) is 6.78. The van der Waals surface area contributed by atoms with Gasteiger partial charge in [-0.2, -0.15) is 5.10 Å². The summed E-state index contributed by atoms with van der Waals surface area (Å²) in [6.07, 6.45) is 2.16. The molecule has 3 rings (SSSR count). The predicted molar refractivity (Wildman–Crippen MR) is 85.6 cm³/mol. The molecular weight excluding hydrogens is 332 g/mol. The number of benzene rings is 2. The highest BCUT2D eigenvalue weighted by atomic mass is 19.2. The lowest BCUT2D eigenvalue weighted by Gasteiger charge is -2.11. The fourth-order valence-corrected chi connectivity index (χ4v) is 2.39. The van der Waals surface area contributed by atoms with E-state index in [4.69, 9.17) is 0 Å². The van der Waals surface area contributed by atoms with Crippen molar-refractivity contribution in [1.29, 1.82) is 0 Å². The highest BCUT2D eigenvalue weighted by Gasteiger charge is 2.13. The van der Waals surface area contributed by atoms with Crippen LogP contribution in [0.1, 0.15) is 11.7 Å². The van der Waals surface area contributed by atoms with Crippen LogP contribution >= 0.6 is 0 Å². The van der Waals surface area contributed by atoms with Crippen LogP contribution in [-0.2, 0) is 6.54 Å². The summed E-state index contributed by atoms with van der Waals surface area (Å²) in [6.45, 7) is 0.0536. The van der Waals surface area contributed by atoms with E-state index in [0.29, 0.717) is 5.56 Å². The van der Waals surface area contributed by atoms with E-state index in [0.717, 1.165) is 17.7 Å². The zero-order chi connectivity index (χ0) is 18.0. The molecule has 0 aliphatic carbocycles. The van der Waals surface area contributed by atoms with Gasteiger partial charge in [0.2, 0.25) is 0 Å². The van der Waals surface area contributed by atoms with Crippen LogP contribution in [0.25, 0.3) is 11.1 Å². The zero-order valence-corrected chi connectivity index (χ0v) is 12.8. The van der Waals surface area contributed by atoms with Gasteiger partial charge in [0.1, 0.15) is 0 Å². The van der Waals surface area contributed by atoms with Crippen molar-refractivity contribution in [2.45, 2.75) is 12.6 Å². The lowest BCUT2D eigenvalue weighted by atomic mass is 10.1. The second-order valence-corrected chi connectivity index (χ2v) is 5.44. The van der Waals surface area contributed by atoms with Crippen LogP contribution < -0.4 is 0 Å². The van der Waals surface area contributed by atoms with E-state index >= 15 is 0 Å². The zero-order valence-electron chi connectivity index (χ0n) is 12.8. The quantitative estimate of drug-likeness (QED) is 0.567. The monoisotopic (exact) mass is 345 g/mol. The molecule has 0 spiro atoms. The molecule has 0 aliphatic rings. The standard InChI is InChI=1S/C17H13F2N3O3/c18-15-6-3-12(7-16(15)19)17(23)10-21-9-13(8-20-21)11-1-4-14(5-2-11)22(24)25/h1-9,17,23H,10H2. The molecule has 0 fully saturated rings. The Bertz CT molecular complexity index is 910. The van der Waals surface area contributed by atoms with E-state index in [1.54, 1.807) is 24.5 Å². The van der Waals surface area contributed by atoms with Crippen LogP contribution in [0, 0.1) is 21.7 Å². The summed E-state index contributed by atoms with van der Waals surface area (Å²) in [7, 11) is 0. The minimum atomic E-state index is -1.06. The van der Waals surface area contributed by atoms with Gasteiger partial charge in [0.15, 0.2) is 11.6 Å². The molecule has 1 heterocycles. The van der Waals surface area contributed by atoms with E-state index in [1.165, 1.54) is 22.9 Å². The van der Waals surface area contributed by atoms with Crippen LogP contribution in [-0.4, -0.2) is 19.8 Å². The molecule has 0 aliphatic heterocycles. The molecule has 0 saturated carbocycles. The van der Waals surface area contributed by atoms with Gasteiger partial charge in [0.05, 0.1) is 23.8 Å². The molecule has 0 amide bonds. The third-order valence-corrected chi connectivity index (χ3v) is 3.73. The number of halogens is 2. The topological polar surface area (TPSA) is 81.2 Å². The average molecular weight is 345 g/mol. The number of nitro groups is 1. The van der Waals surface area contributed by atoms with Crippen molar-refractivity contribution in [2.75, 3.05) is 0 Å². The summed E-state index contributed by atoms with van der Waals surface area (Å²) >= 11 is 0. The molecule has 0 saturated heterocycles. The Morgan fingerprint density at radius 3 is 2.48 bits per heavy atom. The van der Waals surface area contributed by atoms with Gasteiger partial charge in [0.25, 0.3) is 5.69 Å². The van der Waals surface area contributed by atoms with E-state index in [2.05, 4.69) is 5.10 Å². The maximum absolute atomic E-state index is 13.2. The first-order chi connectivity index (χ1) is 11.9. The lowest BCUT2D eigenvalue weighted by Crippen LogP contribution is -2.09. The SMILES string of the molecule is O=[N+]([O-])c1ccc(-c2cnn(CC(O)c3ccc(F)c(F)c3)c2)cc1. The van der Waals surface area contributed by atoms with Crippen LogP contribution in [0.5, 0.6) is 0 Å². The molecular formula is C17H13F2N3O3. The molecule has 2 aromatic carbocycles. The van der Waals surface area contributed by atoms with Crippen molar-refractivity contribution in [3.05, 3.63) is 82.2 Å². The Balaban J connectivity index is 1.74. The maximum atomic E-state index is 13.2. The summed E-state index contributed by atoms with van der Waals surface area (Å²) in [4.78, 5) is 10.2. The number of non-ortho nitro benzene ring substituents is 1. The van der Waals surface area contributed by atoms with Crippen LogP contribution in [0.4, 0.5) is 14.5 Å². The number of nitrogens with zero attached hydrogens (tertiary/aromatic N) is 3. The number of aliphatic hydroxyl groups is 1. The molecule has 1 atom stereocenters. The number of hydrogen-bond acceptors (Lipinski definition) is 4. The Labute approximate surface area is 141 Å². The van der Waals surface area contributed by atoms with Crippen LogP contribution in [0.2, 0.25) is 0 Å². The van der Waals surface area contributed by atoms with E-state index in [9.17, 15) is 24.0 Å². The highest BCUT2D eigenvalue weighted by molar-refractivity contribution is 5.63. The van der Waals surface area contributed by atoms with Crippen molar-refractivity contribution in [3.63, 3.8) is 0 Å². The molecule has 1 N–H and O–H groups in total. The second-order valence-electron chi connectivity index (χ2n) is 5.44. The molecule has 1 unspecified atom stereocenters. The van der Waals surface area contributed by atoms with Gasteiger partial charge in [-0.3, -0.25) is 14.8 Å². The van der Waals surface area contributed by atoms with Gasteiger partial charge in [-0.15, -0.1) is 0 Å². The fraction of sp³-hybridized carbons (Fsp3) is 0.118. The number of nitro benzene ring substituents is 1. The van der Waals surface area contributed by atoms with Gasteiger partial charge in [0, 0.05) is 23.9 Å². The Morgan fingerprint density at radius 2 is 1.84 bits per heavy atom. The lowest BCUT2D eigenvalue weighted by molar-refractivity contribution is -0.384. The number of aromatic nitrogens is 2. The largest absolute Gasteiger partial charge is 0.386 e. The summed E-state index contributed by atoms with van der Waals surface area (Å²) < 4.78 is 27.6. The van der Waals surface area contributed by atoms with Gasteiger partial charge in [-0.25, -0.2) is 8.78 Å². The Morgan fingerprint density at radius 1 is 1.12 bits per heavy atom. The van der Waals surface area contributed by atoms with Crippen molar-refractivity contribution >= 4 is 5.69 Å². The fourth-order valence-electron chi connectivity index (χ4n) is 2.39. The average Bonchev–Trinajstić information content (AvgIpc) is 3.05. The van der Waals surface area contributed by atoms with Crippen molar-refractivity contribution in [2.24, 2.45) is 0 Å². The first-order valence-electron chi connectivity index (χ1n) is 7.34. The smallest absolute Gasteiger partial charge is 0.269 e. The minimum absolute atomic E-state index is 0.00935. The third-order valence-electron chi connectivity index (χ3n) is 3.73. The third kappa shape index (κ3) is 3.69. The highest BCUT2D eigenvalue weighted by Crippen LogP contribution is 2.23. The molecule has 25 heavy (non-hydrogen) atoms. The molecule has 0 bridgehead atoms. The van der Waals surface area contributed by atoms with Crippen molar-refractivity contribution < 1.29 is 18.8 Å². The first-order valence-corrected chi connectivity index (χ1v) is 7.34. The summed E-state index contributed by atoms with van der Waals surface area (Å²) in [5.41, 5.74) is 1.68. The molecule has 128 valence electrons.